The van der Waals surface area contributed by atoms with Gasteiger partial charge in [-0.2, -0.15) is 0 Å². The van der Waals surface area contributed by atoms with E-state index in [-0.39, 0.29) is 11.5 Å². The molecule has 2 rings (SSSR count). The van der Waals surface area contributed by atoms with Gasteiger partial charge in [0.1, 0.15) is 0 Å². The van der Waals surface area contributed by atoms with Gasteiger partial charge in [-0.05, 0) is 6.07 Å². The molecular formula is C11H8ClNO2. The lowest BCUT2D eigenvalue weighted by Gasteiger charge is -2.04. The zero-order valence-corrected chi connectivity index (χ0v) is 8.78. The van der Waals surface area contributed by atoms with E-state index in [4.69, 9.17) is 11.6 Å². The number of hydrogen-bond donors (Lipinski definition) is 0. The highest BCUT2D eigenvalue weighted by atomic mass is 35.5. The summed E-state index contributed by atoms with van der Waals surface area (Å²) < 4.78 is 1.02. The van der Waals surface area contributed by atoms with Gasteiger partial charge in [0.25, 0.3) is 5.56 Å². The third-order valence-corrected chi connectivity index (χ3v) is 2.52. The number of nitrogens with zero attached hydrogens (tertiary/aromatic N) is 1. The molecule has 76 valence electrons. The Kier molecular flexibility index (Phi) is 2.32. The summed E-state index contributed by atoms with van der Waals surface area (Å²) in [5.74, 6) is -0.340. The van der Waals surface area contributed by atoms with E-state index in [2.05, 4.69) is 0 Å². The van der Waals surface area contributed by atoms with E-state index in [0.29, 0.717) is 15.8 Å². The van der Waals surface area contributed by atoms with Crippen molar-refractivity contribution in [2.45, 2.75) is 6.92 Å². The van der Waals surface area contributed by atoms with Crippen molar-refractivity contribution in [3.8, 4) is 0 Å². The van der Waals surface area contributed by atoms with Crippen LogP contribution in [-0.4, -0.2) is 10.5 Å². The number of pyridine rings is 1. The van der Waals surface area contributed by atoms with Gasteiger partial charge in [-0.25, -0.2) is 0 Å². The number of rotatable bonds is 0. The number of carbonyl (C=O) groups is 1. The second kappa shape index (κ2) is 3.51. The Morgan fingerprint density at radius 2 is 1.87 bits per heavy atom. The van der Waals surface area contributed by atoms with Crippen molar-refractivity contribution in [2.24, 2.45) is 0 Å². The number of carbonyl (C=O) groups excluding carboxylic acids is 1. The van der Waals surface area contributed by atoms with Gasteiger partial charge in [-0.1, -0.05) is 29.8 Å². The predicted molar refractivity (Wildman–Crippen MR) is 59.5 cm³/mol. The topological polar surface area (TPSA) is 39.1 Å². The first kappa shape index (κ1) is 9.93. The van der Waals surface area contributed by atoms with Crippen molar-refractivity contribution >= 4 is 28.3 Å². The monoisotopic (exact) mass is 221 g/mol. The molecule has 0 atom stereocenters. The molecule has 0 aliphatic rings. The second-order valence-corrected chi connectivity index (χ2v) is 3.62. The number of benzene rings is 1. The number of hydrogen-bond acceptors (Lipinski definition) is 2. The maximum atomic E-state index is 11.8. The van der Waals surface area contributed by atoms with E-state index in [9.17, 15) is 9.59 Å². The molecule has 0 N–H and O–H groups in total. The number of fused-ring (bicyclic) bond motifs is 1. The molecule has 0 aliphatic heterocycles. The zero-order chi connectivity index (χ0) is 11.0. The van der Waals surface area contributed by atoms with Crippen LogP contribution < -0.4 is 5.56 Å². The molecule has 15 heavy (non-hydrogen) atoms. The average molecular weight is 222 g/mol. The average Bonchev–Trinajstić information content (AvgIpc) is 2.23. The molecule has 0 amide bonds. The molecule has 2 aromatic rings. The van der Waals surface area contributed by atoms with Crippen LogP contribution in [0.25, 0.3) is 10.8 Å². The highest BCUT2D eigenvalue weighted by Crippen LogP contribution is 2.19. The predicted octanol–water partition coefficient (Wildman–Crippen LogP) is 2.32. The molecule has 0 aliphatic carbocycles. The summed E-state index contributed by atoms with van der Waals surface area (Å²) in [5.41, 5.74) is -0.331. The molecule has 1 heterocycles. The van der Waals surface area contributed by atoms with Gasteiger partial charge in [0, 0.05) is 23.9 Å². The van der Waals surface area contributed by atoms with Crippen molar-refractivity contribution in [3.05, 3.63) is 45.8 Å². The third-order valence-electron chi connectivity index (χ3n) is 2.22. The van der Waals surface area contributed by atoms with Crippen LogP contribution in [0.3, 0.4) is 0 Å². The summed E-state index contributed by atoms with van der Waals surface area (Å²) in [7, 11) is 0. The lowest BCUT2D eigenvalue weighted by molar-refractivity contribution is 0.0933. The molecule has 0 saturated heterocycles. The standard InChI is InChI=1S/C11H8ClNO2/c1-7(14)13-6-10(12)8-4-2-3-5-9(8)11(13)15/h2-6H,1H3. The summed E-state index contributed by atoms with van der Waals surface area (Å²) in [4.78, 5) is 23.0. The van der Waals surface area contributed by atoms with Crippen molar-refractivity contribution in [3.63, 3.8) is 0 Å². The minimum atomic E-state index is -0.340. The summed E-state index contributed by atoms with van der Waals surface area (Å²) in [6.07, 6.45) is 1.36. The Hall–Kier alpha value is -1.61. The smallest absolute Gasteiger partial charge is 0.265 e. The van der Waals surface area contributed by atoms with Crippen LogP contribution in [0, 0.1) is 0 Å². The molecule has 0 saturated carbocycles. The van der Waals surface area contributed by atoms with Gasteiger partial charge < -0.3 is 0 Å². The van der Waals surface area contributed by atoms with E-state index in [1.165, 1.54) is 13.1 Å². The first-order valence-corrected chi connectivity index (χ1v) is 4.80. The summed E-state index contributed by atoms with van der Waals surface area (Å²) in [6, 6.07) is 6.95. The van der Waals surface area contributed by atoms with Crippen LogP contribution in [0.1, 0.15) is 11.7 Å². The highest BCUT2D eigenvalue weighted by molar-refractivity contribution is 6.35. The summed E-state index contributed by atoms with van der Waals surface area (Å²) >= 11 is 5.97. The van der Waals surface area contributed by atoms with Crippen LogP contribution in [0.2, 0.25) is 5.02 Å². The van der Waals surface area contributed by atoms with Crippen molar-refractivity contribution in [1.82, 2.24) is 4.57 Å². The molecular weight excluding hydrogens is 214 g/mol. The SMILES string of the molecule is CC(=O)n1cc(Cl)c2ccccc2c1=O. The van der Waals surface area contributed by atoms with Gasteiger partial charge in [-0.15, -0.1) is 0 Å². The maximum absolute atomic E-state index is 11.8. The van der Waals surface area contributed by atoms with E-state index < -0.39 is 0 Å². The van der Waals surface area contributed by atoms with Crippen LogP contribution in [0.15, 0.2) is 35.3 Å². The lowest BCUT2D eigenvalue weighted by Crippen LogP contribution is -2.24. The van der Waals surface area contributed by atoms with E-state index in [0.717, 1.165) is 4.57 Å². The highest BCUT2D eigenvalue weighted by Gasteiger charge is 2.08. The maximum Gasteiger partial charge on any atom is 0.265 e. The summed E-state index contributed by atoms with van der Waals surface area (Å²) in [5, 5.41) is 1.53. The van der Waals surface area contributed by atoms with E-state index in [1.807, 2.05) is 0 Å². The largest absolute Gasteiger partial charge is 0.274 e. The Morgan fingerprint density at radius 1 is 1.27 bits per heavy atom. The second-order valence-electron chi connectivity index (χ2n) is 3.22. The minimum absolute atomic E-state index is 0.331. The van der Waals surface area contributed by atoms with E-state index in [1.54, 1.807) is 24.3 Å². The fraction of sp³-hybridized carbons (Fsp3) is 0.0909. The first-order chi connectivity index (χ1) is 7.11. The third kappa shape index (κ3) is 1.55. The van der Waals surface area contributed by atoms with Gasteiger partial charge in [0.2, 0.25) is 5.91 Å². The van der Waals surface area contributed by atoms with Crippen LogP contribution in [-0.2, 0) is 0 Å². The lowest BCUT2D eigenvalue weighted by atomic mass is 10.2. The van der Waals surface area contributed by atoms with E-state index >= 15 is 0 Å². The quantitative estimate of drug-likeness (QED) is 0.685. The molecule has 0 fully saturated rings. The van der Waals surface area contributed by atoms with Gasteiger partial charge in [0.05, 0.1) is 5.02 Å². The first-order valence-electron chi connectivity index (χ1n) is 4.42. The fourth-order valence-corrected chi connectivity index (χ4v) is 1.75. The van der Waals surface area contributed by atoms with Gasteiger partial charge in [-0.3, -0.25) is 14.2 Å². The molecule has 0 unspecified atom stereocenters. The molecule has 0 spiro atoms. The summed E-state index contributed by atoms with van der Waals surface area (Å²) in [6.45, 7) is 1.33. The van der Waals surface area contributed by atoms with Crippen LogP contribution in [0.4, 0.5) is 0 Å². The zero-order valence-electron chi connectivity index (χ0n) is 8.03. The van der Waals surface area contributed by atoms with Crippen molar-refractivity contribution in [1.29, 1.82) is 0 Å². The molecule has 0 radical (unpaired) electrons. The molecule has 0 bridgehead atoms. The van der Waals surface area contributed by atoms with Crippen molar-refractivity contribution in [2.75, 3.05) is 0 Å². The Labute approximate surface area is 90.9 Å². The Bertz CT molecular complexity index is 601. The van der Waals surface area contributed by atoms with Crippen molar-refractivity contribution < 1.29 is 4.79 Å². The number of aromatic nitrogens is 1. The van der Waals surface area contributed by atoms with Crippen LogP contribution in [0.5, 0.6) is 0 Å². The van der Waals surface area contributed by atoms with Gasteiger partial charge >= 0.3 is 0 Å². The normalized spacial score (nSPS) is 10.5. The number of halogens is 1. The molecule has 3 nitrogen and oxygen atoms in total. The van der Waals surface area contributed by atoms with Gasteiger partial charge in [0.15, 0.2) is 0 Å². The minimum Gasteiger partial charge on any atom is -0.274 e. The Morgan fingerprint density at radius 3 is 2.47 bits per heavy atom. The Balaban J connectivity index is 2.97. The molecule has 1 aromatic carbocycles. The van der Waals surface area contributed by atoms with Crippen LogP contribution >= 0.6 is 11.6 Å². The fourth-order valence-electron chi connectivity index (χ4n) is 1.48. The molecule has 4 heteroatoms. The molecule has 1 aromatic heterocycles.